The van der Waals surface area contributed by atoms with Gasteiger partial charge in [0.05, 0.1) is 6.61 Å². The van der Waals surface area contributed by atoms with Gasteiger partial charge in [0.2, 0.25) is 0 Å². The molecule has 1 fully saturated rings. The molecule has 2 heterocycles. The monoisotopic (exact) mass is 409 g/mol. The minimum Gasteiger partial charge on any atom is -0.494 e. The van der Waals surface area contributed by atoms with Crippen LogP contribution in [0.25, 0.3) is 11.3 Å². The van der Waals surface area contributed by atoms with Gasteiger partial charge in [-0.1, -0.05) is 12.1 Å². The maximum atomic E-state index is 13.1. The number of nitrogens with one attached hydrogen (secondary N) is 1. The molecule has 2 aromatic carbocycles. The van der Waals surface area contributed by atoms with Crippen molar-refractivity contribution in [1.82, 2.24) is 9.88 Å². The average molecular weight is 410 g/mol. The highest BCUT2D eigenvalue weighted by Gasteiger charge is 2.21. The predicted molar refractivity (Wildman–Crippen MR) is 116 cm³/mol. The molecule has 4 rings (SSSR count). The third-order valence-corrected chi connectivity index (χ3v) is 5.52. The van der Waals surface area contributed by atoms with Crippen molar-refractivity contribution in [3.8, 4) is 17.0 Å². The van der Waals surface area contributed by atoms with E-state index in [2.05, 4.69) is 40.3 Å². The largest absolute Gasteiger partial charge is 0.494 e. The van der Waals surface area contributed by atoms with Crippen LogP contribution in [0.5, 0.6) is 5.75 Å². The van der Waals surface area contributed by atoms with Gasteiger partial charge in [-0.05, 0) is 68.1 Å². The van der Waals surface area contributed by atoms with Crippen molar-refractivity contribution in [1.29, 1.82) is 0 Å². The Hall–Kier alpha value is -2.86. The van der Waals surface area contributed by atoms with Gasteiger partial charge in [0.15, 0.2) is 0 Å². The van der Waals surface area contributed by atoms with Crippen molar-refractivity contribution >= 4 is 6.01 Å². The average Bonchev–Trinajstić information content (AvgIpc) is 3.21. The Morgan fingerprint density at radius 3 is 2.67 bits per heavy atom. The van der Waals surface area contributed by atoms with Crippen LogP contribution in [-0.4, -0.2) is 35.6 Å². The fourth-order valence-electron chi connectivity index (χ4n) is 3.82. The Morgan fingerprint density at radius 1 is 1.17 bits per heavy atom. The maximum absolute atomic E-state index is 13.1. The smallest absolute Gasteiger partial charge is 0.295 e. The number of benzene rings is 2. The van der Waals surface area contributed by atoms with E-state index in [0.717, 1.165) is 43.8 Å². The van der Waals surface area contributed by atoms with E-state index in [1.807, 2.05) is 6.92 Å². The molecule has 0 bridgehead atoms. The number of aromatic nitrogens is 1. The Labute approximate surface area is 176 Å². The van der Waals surface area contributed by atoms with Crippen molar-refractivity contribution in [3.05, 3.63) is 65.7 Å². The van der Waals surface area contributed by atoms with Crippen LogP contribution in [0.15, 0.2) is 53.1 Å². The van der Waals surface area contributed by atoms with Gasteiger partial charge in [0, 0.05) is 31.2 Å². The standard InChI is InChI=1S/C24H28FN3O2/c1-3-29-23-14-18(5-4-17(23)2)15-28-12-10-21(11-13-28)26-24-27-22(16-30-24)19-6-8-20(25)9-7-19/h4-9,14,16,21H,3,10-13,15H2,1-2H3,(H,26,27). The van der Waals surface area contributed by atoms with Gasteiger partial charge in [-0.2, -0.15) is 4.98 Å². The molecule has 0 aliphatic carbocycles. The van der Waals surface area contributed by atoms with Gasteiger partial charge in [-0.15, -0.1) is 0 Å². The number of nitrogens with zero attached hydrogens (tertiary/aromatic N) is 2. The number of rotatable bonds is 7. The summed E-state index contributed by atoms with van der Waals surface area (Å²) in [5.41, 5.74) is 4.01. The highest BCUT2D eigenvalue weighted by molar-refractivity contribution is 5.59. The molecule has 6 heteroatoms. The maximum Gasteiger partial charge on any atom is 0.295 e. The van der Waals surface area contributed by atoms with Crippen LogP contribution in [-0.2, 0) is 6.54 Å². The van der Waals surface area contributed by atoms with Gasteiger partial charge in [-0.3, -0.25) is 4.90 Å². The van der Waals surface area contributed by atoms with Crippen LogP contribution in [0.2, 0.25) is 0 Å². The predicted octanol–water partition coefficient (Wildman–Crippen LogP) is 5.26. The Morgan fingerprint density at radius 2 is 1.93 bits per heavy atom. The molecule has 0 spiro atoms. The zero-order valence-electron chi connectivity index (χ0n) is 17.5. The summed E-state index contributed by atoms with van der Waals surface area (Å²) in [5, 5.41) is 3.40. The lowest BCUT2D eigenvalue weighted by Crippen LogP contribution is -2.38. The highest BCUT2D eigenvalue weighted by Crippen LogP contribution is 2.24. The summed E-state index contributed by atoms with van der Waals surface area (Å²) in [6.07, 6.45) is 3.66. The van der Waals surface area contributed by atoms with Crippen molar-refractivity contribution < 1.29 is 13.5 Å². The highest BCUT2D eigenvalue weighted by atomic mass is 19.1. The minimum absolute atomic E-state index is 0.257. The second kappa shape index (κ2) is 9.30. The number of aryl methyl sites for hydroxylation is 1. The molecule has 0 atom stereocenters. The van der Waals surface area contributed by atoms with Crippen LogP contribution in [0.4, 0.5) is 10.4 Å². The summed E-state index contributed by atoms with van der Waals surface area (Å²) in [5.74, 6) is 0.722. The van der Waals surface area contributed by atoms with E-state index in [9.17, 15) is 4.39 Å². The molecular weight excluding hydrogens is 381 g/mol. The first-order valence-electron chi connectivity index (χ1n) is 10.5. The third-order valence-electron chi connectivity index (χ3n) is 5.52. The molecule has 3 aromatic rings. The van der Waals surface area contributed by atoms with Gasteiger partial charge in [0.1, 0.15) is 23.5 Å². The molecule has 0 saturated carbocycles. The zero-order valence-corrected chi connectivity index (χ0v) is 17.5. The number of piperidine rings is 1. The Bertz CT molecular complexity index is 963. The lowest BCUT2D eigenvalue weighted by Gasteiger charge is -2.32. The summed E-state index contributed by atoms with van der Waals surface area (Å²) >= 11 is 0. The van der Waals surface area contributed by atoms with E-state index in [1.165, 1.54) is 23.3 Å². The van der Waals surface area contributed by atoms with E-state index in [0.29, 0.717) is 24.4 Å². The number of ether oxygens (including phenoxy) is 1. The fourth-order valence-corrected chi connectivity index (χ4v) is 3.82. The lowest BCUT2D eigenvalue weighted by atomic mass is 10.0. The first-order valence-corrected chi connectivity index (χ1v) is 10.5. The first kappa shape index (κ1) is 20.4. The van der Waals surface area contributed by atoms with Crippen LogP contribution >= 0.6 is 0 Å². The lowest BCUT2D eigenvalue weighted by molar-refractivity contribution is 0.210. The van der Waals surface area contributed by atoms with Crippen LogP contribution < -0.4 is 10.1 Å². The summed E-state index contributed by atoms with van der Waals surface area (Å²) < 4.78 is 24.4. The number of halogens is 1. The molecule has 30 heavy (non-hydrogen) atoms. The summed E-state index contributed by atoms with van der Waals surface area (Å²) in [6.45, 7) is 7.74. The van der Waals surface area contributed by atoms with Gasteiger partial charge in [-0.25, -0.2) is 4.39 Å². The van der Waals surface area contributed by atoms with Crippen molar-refractivity contribution in [2.24, 2.45) is 0 Å². The first-order chi connectivity index (χ1) is 14.6. The SMILES string of the molecule is CCOc1cc(CN2CCC(Nc3nc(-c4ccc(F)cc4)co3)CC2)ccc1C. The van der Waals surface area contributed by atoms with Crippen LogP contribution in [0, 0.1) is 12.7 Å². The number of anilines is 1. The minimum atomic E-state index is -0.257. The summed E-state index contributed by atoms with van der Waals surface area (Å²) in [7, 11) is 0. The molecule has 0 unspecified atom stereocenters. The molecule has 0 amide bonds. The summed E-state index contributed by atoms with van der Waals surface area (Å²) in [6, 6.07) is 13.6. The topological polar surface area (TPSA) is 50.5 Å². The number of oxazole rings is 1. The van der Waals surface area contributed by atoms with E-state index in [1.54, 1.807) is 18.4 Å². The van der Waals surface area contributed by atoms with Crippen molar-refractivity contribution in [3.63, 3.8) is 0 Å². The van der Waals surface area contributed by atoms with E-state index in [4.69, 9.17) is 9.15 Å². The number of likely N-dealkylation sites (tertiary alicyclic amines) is 1. The molecule has 158 valence electrons. The molecule has 0 radical (unpaired) electrons. The number of hydrogen-bond acceptors (Lipinski definition) is 5. The molecule has 1 aliphatic rings. The van der Waals surface area contributed by atoms with Crippen molar-refractivity contribution in [2.45, 2.75) is 39.3 Å². The Kier molecular flexibility index (Phi) is 6.33. The zero-order chi connectivity index (χ0) is 20.9. The Balaban J connectivity index is 1.29. The summed E-state index contributed by atoms with van der Waals surface area (Å²) in [4.78, 5) is 6.97. The molecule has 5 nitrogen and oxygen atoms in total. The van der Waals surface area contributed by atoms with Crippen LogP contribution in [0.1, 0.15) is 30.9 Å². The quantitative estimate of drug-likeness (QED) is 0.577. The van der Waals surface area contributed by atoms with Gasteiger partial charge < -0.3 is 14.5 Å². The van der Waals surface area contributed by atoms with Crippen LogP contribution in [0.3, 0.4) is 0 Å². The molecule has 1 aliphatic heterocycles. The fraction of sp³-hybridized carbons (Fsp3) is 0.375. The second-order valence-corrected chi connectivity index (χ2v) is 7.77. The van der Waals surface area contributed by atoms with E-state index >= 15 is 0 Å². The molecular formula is C24H28FN3O2. The molecule has 1 saturated heterocycles. The second-order valence-electron chi connectivity index (χ2n) is 7.77. The normalized spacial score (nSPS) is 15.3. The van der Waals surface area contributed by atoms with E-state index in [-0.39, 0.29) is 5.82 Å². The van der Waals surface area contributed by atoms with Gasteiger partial charge in [0.25, 0.3) is 6.01 Å². The number of hydrogen-bond donors (Lipinski definition) is 1. The molecule has 1 N–H and O–H groups in total. The third kappa shape index (κ3) is 5.00. The van der Waals surface area contributed by atoms with E-state index < -0.39 is 0 Å². The molecule has 1 aromatic heterocycles. The van der Waals surface area contributed by atoms with Crippen molar-refractivity contribution in [2.75, 3.05) is 25.0 Å². The van der Waals surface area contributed by atoms with Gasteiger partial charge >= 0.3 is 0 Å².